The van der Waals surface area contributed by atoms with E-state index < -0.39 is 10.0 Å². The molecule has 2 atom stereocenters. The number of aryl methyl sites for hydroxylation is 1. The van der Waals surface area contributed by atoms with Crippen LogP contribution in [0.15, 0.2) is 71.6 Å². The Labute approximate surface area is 311 Å². The first-order valence-corrected chi connectivity index (χ1v) is 20.9. The van der Waals surface area contributed by atoms with Gasteiger partial charge in [0.15, 0.2) is 0 Å². The number of amides is 1. The highest BCUT2D eigenvalue weighted by molar-refractivity contribution is 7.89. The second kappa shape index (κ2) is 14.1. The summed E-state index contributed by atoms with van der Waals surface area (Å²) in [5, 5.41) is 0.0677. The van der Waals surface area contributed by atoms with Crippen molar-refractivity contribution in [3.8, 4) is 0 Å². The van der Waals surface area contributed by atoms with E-state index in [0.717, 1.165) is 75.7 Å². The predicted molar refractivity (Wildman–Crippen MR) is 203 cm³/mol. The molecule has 4 fully saturated rings. The van der Waals surface area contributed by atoms with Crippen molar-refractivity contribution in [2.75, 3.05) is 19.6 Å². The summed E-state index contributed by atoms with van der Waals surface area (Å²) in [4.78, 5) is 23.5. The molecule has 3 saturated heterocycles. The van der Waals surface area contributed by atoms with E-state index >= 15 is 0 Å². The summed E-state index contributed by atoms with van der Waals surface area (Å²) in [5.74, 6) is 0.794. The zero-order chi connectivity index (χ0) is 35.3. The van der Waals surface area contributed by atoms with Crippen molar-refractivity contribution in [2.45, 2.75) is 112 Å². The first kappa shape index (κ1) is 35.1. The van der Waals surface area contributed by atoms with Gasteiger partial charge in [0.25, 0.3) is 5.91 Å². The molecule has 0 spiro atoms. The van der Waals surface area contributed by atoms with E-state index in [-0.39, 0.29) is 37.9 Å². The SMILES string of the molecule is Cc1nc2ccccc2n1C1CC2CCC(C1)N2CCC1(c2ccccc2)CCN(C(=O)c2c(Cl)ccc(S(=O)(=O)NC3CCCC3)c2Cl)CC1. The fourth-order valence-electron chi connectivity index (χ4n) is 9.82. The number of hydrogen-bond donors (Lipinski definition) is 1. The smallest absolute Gasteiger partial charge is 0.256 e. The van der Waals surface area contributed by atoms with Crippen molar-refractivity contribution in [3.05, 3.63) is 93.7 Å². The minimum atomic E-state index is -3.90. The molecule has 11 heteroatoms. The van der Waals surface area contributed by atoms with Crippen LogP contribution >= 0.6 is 23.2 Å². The van der Waals surface area contributed by atoms with Gasteiger partial charge in [-0.25, -0.2) is 18.1 Å². The number of nitrogens with one attached hydrogen (secondary N) is 1. The van der Waals surface area contributed by atoms with Crippen molar-refractivity contribution in [1.82, 2.24) is 24.1 Å². The van der Waals surface area contributed by atoms with Crippen molar-refractivity contribution in [1.29, 1.82) is 0 Å². The summed E-state index contributed by atoms with van der Waals surface area (Å²) in [6.45, 7) is 4.25. The Morgan fingerprint density at radius 1 is 0.882 bits per heavy atom. The Kier molecular flexibility index (Phi) is 9.72. The fraction of sp³-hybridized carbons (Fsp3) is 0.500. The quantitative estimate of drug-likeness (QED) is 0.186. The van der Waals surface area contributed by atoms with Crippen molar-refractivity contribution in [3.63, 3.8) is 0 Å². The number of rotatable bonds is 9. The van der Waals surface area contributed by atoms with E-state index in [9.17, 15) is 13.2 Å². The third-order valence-corrected chi connectivity index (χ3v) is 14.9. The van der Waals surface area contributed by atoms with Crippen molar-refractivity contribution in [2.24, 2.45) is 0 Å². The van der Waals surface area contributed by atoms with Gasteiger partial charge in [-0.3, -0.25) is 9.69 Å². The summed E-state index contributed by atoms with van der Waals surface area (Å²) in [5.41, 5.74) is 3.64. The van der Waals surface area contributed by atoms with Crippen LogP contribution in [-0.2, 0) is 15.4 Å². The lowest BCUT2D eigenvalue weighted by Gasteiger charge is -2.45. The highest BCUT2D eigenvalue weighted by atomic mass is 35.5. The number of likely N-dealkylation sites (tertiary alicyclic amines) is 1. The number of para-hydroxylation sites is 2. The standard InChI is InChI=1S/C40H47Cl2N5O3S/c1-27-43-34-13-7-8-14-35(34)47(27)32-25-30-15-16-31(26-32)46(30)24-21-40(28-9-3-2-4-10-28)19-22-45(23-20-40)39(48)37-33(41)17-18-36(38(37)42)51(49,50)44-29-11-5-6-12-29/h2-4,7-10,13-14,17-18,29-32,44H,5-6,11-12,15-16,19-26H2,1H3. The monoisotopic (exact) mass is 747 g/mol. The van der Waals surface area contributed by atoms with Gasteiger partial charge in [0.05, 0.1) is 26.6 Å². The molecule has 1 amide bonds. The molecule has 4 heterocycles. The number of nitrogens with zero attached hydrogens (tertiary/aromatic N) is 4. The summed E-state index contributed by atoms with van der Waals surface area (Å²) >= 11 is 13.3. The number of piperidine rings is 2. The maximum atomic E-state index is 14.1. The van der Waals surface area contributed by atoms with Gasteiger partial charge in [0.1, 0.15) is 10.7 Å². The number of carbonyl (C=O) groups is 1. The Morgan fingerprint density at radius 2 is 1.55 bits per heavy atom. The van der Waals surface area contributed by atoms with E-state index in [1.807, 2.05) is 4.90 Å². The van der Waals surface area contributed by atoms with Gasteiger partial charge in [0, 0.05) is 37.3 Å². The molecule has 1 N–H and O–H groups in total. The molecule has 2 bridgehead atoms. The van der Waals surface area contributed by atoms with Gasteiger partial charge in [-0.2, -0.15) is 0 Å². The number of carbonyl (C=O) groups excluding carboxylic acids is 1. The van der Waals surface area contributed by atoms with Crippen molar-refractivity contribution < 1.29 is 13.2 Å². The van der Waals surface area contributed by atoms with Crippen LogP contribution in [0.5, 0.6) is 0 Å². The van der Waals surface area contributed by atoms with Gasteiger partial charge in [-0.05, 0) is 106 Å². The van der Waals surface area contributed by atoms with Gasteiger partial charge in [-0.15, -0.1) is 0 Å². The number of fused-ring (bicyclic) bond motifs is 3. The lowest BCUT2D eigenvalue weighted by atomic mass is 9.70. The van der Waals surface area contributed by atoms with E-state index in [0.29, 0.717) is 31.2 Å². The number of hydrogen-bond acceptors (Lipinski definition) is 5. The number of aromatic nitrogens is 2. The Morgan fingerprint density at radius 3 is 2.25 bits per heavy atom. The first-order chi connectivity index (χ1) is 24.6. The normalized spacial score (nSPS) is 24.1. The Hall–Kier alpha value is -2.95. The van der Waals surface area contributed by atoms with E-state index in [2.05, 4.69) is 75.7 Å². The minimum Gasteiger partial charge on any atom is -0.338 e. The van der Waals surface area contributed by atoms with Gasteiger partial charge in [-0.1, -0.05) is 78.5 Å². The molecule has 8 rings (SSSR count). The average Bonchev–Trinajstić information content (AvgIpc) is 3.82. The van der Waals surface area contributed by atoms with Gasteiger partial charge >= 0.3 is 0 Å². The van der Waals surface area contributed by atoms with Crippen LogP contribution in [0.2, 0.25) is 10.0 Å². The zero-order valence-corrected chi connectivity index (χ0v) is 31.6. The Balaban J connectivity index is 0.977. The molecule has 8 nitrogen and oxygen atoms in total. The molecule has 2 unspecified atom stereocenters. The first-order valence-electron chi connectivity index (χ1n) is 18.7. The van der Waals surface area contributed by atoms with Crippen LogP contribution < -0.4 is 4.72 Å². The number of halogens is 2. The molecule has 1 aromatic heterocycles. The molecule has 51 heavy (non-hydrogen) atoms. The molecule has 1 saturated carbocycles. The number of sulfonamides is 1. The van der Waals surface area contributed by atoms with E-state index in [1.54, 1.807) is 0 Å². The Bertz CT molecular complexity index is 2010. The molecule has 4 aliphatic rings. The van der Waals surface area contributed by atoms with E-state index in [4.69, 9.17) is 28.2 Å². The maximum Gasteiger partial charge on any atom is 0.256 e. The van der Waals surface area contributed by atoms with Gasteiger partial charge < -0.3 is 9.47 Å². The molecule has 3 aliphatic heterocycles. The van der Waals surface area contributed by atoms with Crippen molar-refractivity contribution >= 4 is 50.2 Å². The zero-order valence-electron chi connectivity index (χ0n) is 29.2. The largest absolute Gasteiger partial charge is 0.338 e. The van der Waals surface area contributed by atoms with Crippen LogP contribution in [0, 0.1) is 6.92 Å². The van der Waals surface area contributed by atoms with E-state index in [1.165, 1.54) is 36.1 Å². The van der Waals surface area contributed by atoms with Crippen LogP contribution in [0.1, 0.15) is 98.4 Å². The second-order valence-electron chi connectivity index (χ2n) is 15.3. The molecular formula is C40H47Cl2N5O3S. The summed E-state index contributed by atoms with van der Waals surface area (Å²) < 4.78 is 32.0. The third kappa shape index (κ3) is 6.63. The lowest BCUT2D eigenvalue weighted by Crippen LogP contribution is -2.49. The predicted octanol–water partition coefficient (Wildman–Crippen LogP) is 8.30. The molecular weight excluding hydrogens is 701 g/mol. The molecule has 1 aliphatic carbocycles. The summed E-state index contributed by atoms with van der Waals surface area (Å²) in [6.07, 6.45) is 11.0. The van der Waals surface area contributed by atoms with Crippen LogP contribution in [-0.4, -0.2) is 71.4 Å². The topological polar surface area (TPSA) is 87.5 Å². The summed E-state index contributed by atoms with van der Waals surface area (Å²) in [6, 6.07) is 23.6. The molecule has 0 radical (unpaired) electrons. The number of imidazole rings is 1. The molecule has 4 aromatic rings. The highest BCUT2D eigenvalue weighted by Gasteiger charge is 2.44. The highest BCUT2D eigenvalue weighted by Crippen LogP contribution is 2.45. The van der Waals surface area contributed by atoms with Crippen LogP contribution in [0.25, 0.3) is 11.0 Å². The van der Waals surface area contributed by atoms with Gasteiger partial charge in [0.2, 0.25) is 10.0 Å². The van der Waals surface area contributed by atoms with Crippen LogP contribution in [0.3, 0.4) is 0 Å². The maximum absolute atomic E-state index is 14.1. The fourth-order valence-corrected chi connectivity index (χ4v) is 12.0. The molecule has 3 aromatic carbocycles. The third-order valence-electron chi connectivity index (χ3n) is 12.5. The summed E-state index contributed by atoms with van der Waals surface area (Å²) in [7, 11) is -3.90. The number of benzene rings is 3. The van der Waals surface area contributed by atoms with Crippen LogP contribution in [0.4, 0.5) is 0 Å². The second-order valence-corrected chi connectivity index (χ2v) is 17.8. The lowest BCUT2D eigenvalue weighted by molar-refractivity contribution is 0.0607. The average molecular weight is 749 g/mol. The molecule has 270 valence electrons. The minimum absolute atomic E-state index is 0.0696.